The van der Waals surface area contributed by atoms with Crippen LogP contribution < -0.4 is 0 Å². The van der Waals surface area contributed by atoms with Crippen molar-refractivity contribution < 1.29 is 9.90 Å². The molecule has 1 saturated carbocycles. The number of hydrogen-bond donors (Lipinski definition) is 1. The number of aryl methyl sites for hydroxylation is 1. The third-order valence-electron chi connectivity index (χ3n) is 4.98. The van der Waals surface area contributed by atoms with E-state index in [0.717, 1.165) is 44.7 Å². The smallest absolute Gasteiger partial charge is 0.254 e. The summed E-state index contributed by atoms with van der Waals surface area (Å²) in [5.74, 6) is 0.466. The molecule has 2 aliphatic rings. The Morgan fingerprint density at radius 1 is 1.59 bits per heavy atom. The number of hydrogen-bond acceptors (Lipinski definition) is 5. The Hall–Kier alpha value is -0.980. The highest BCUT2D eigenvalue weighted by Gasteiger charge is 2.45. The van der Waals surface area contributed by atoms with Gasteiger partial charge in [-0.1, -0.05) is 0 Å². The van der Waals surface area contributed by atoms with Gasteiger partial charge in [0.25, 0.3) is 5.91 Å². The average molecular weight is 323 g/mol. The van der Waals surface area contributed by atoms with Crippen LogP contribution in [-0.4, -0.2) is 58.1 Å². The molecule has 1 unspecified atom stereocenters. The lowest BCUT2D eigenvalue weighted by atomic mass is 9.79. The van der Waals surface area contributed by atoms with Crippen molar-refractivity contribution in [1.29, 1.82) is 0 Å². The summed E-state index contributed by atoms with van der Waals surface area (Å²) in [7, 11) is 2.13. The molecule has 0 radical (unpaired) electrons. The zero-order chi connectivity index (χ0) is 15.7. The number of likely N-dealkylation sites (tertiary alicyclic amines) is 1. The number of aliphatic hydroxyl groups is 1. The number of amides is 1. The second kappa shape index (κ2) is 6.26. The molecule has 2 fully saturated rings. The predicted octanol–water partition coefficient (Wildman–Crippen LogP) is 1.65. The first kappa shape index (κ1) is 15.9. The van der Waals surface area contributed by atoms with Gasteiger partial charge < -0.3 is 14.9 Å². The summed E-state index contributed by atoms with van der Waals surface area (Å²) < 4.78 is 0. The third-order valence-corrected chi connectivity index (χ3v) is 5.90. The molecular formula is C16H25N3O2S. The first-order valence-electron chi connectivity index (χ1n) is 8.07. The highest BCUT2D eigenvalue weighted by Crippen LogP contribution is 2.34. The van der Waals surface area contributed by atoms with Crippen molar-refractivity contribution in [2.24, 2.45) is 5.92 Å². The molecule has 0 spiro atoms. The van der Waals surface area contributed by atoms with Crippen LogP contribution in [0.1, 0.15) is 36.3 Å². The molecule has 1 atom stereocenters. The predicted molar refractivity (Wildman–Crippen MR) is 86.7 cm³/mol. The summed E-state index contributed by atoms with van der Waals surface area (Å²) in [6.07, 6.45) is 3.28. The van der Waals surface area contributed by atoms with Crippen LogP contribution in [0, 0.1) is 12.8 Å². The van der Waals surface area contributed by atoms with E-state index in [-0.39, 0.29) is 5.91 Å². The van der Waals surface area contributed by atoms with E-state index in [0.29, 0.717) is 18.8 Å². The highest BCUT2D eigenvalue weighted by molar-refractivity contribution is 7.09. The van der Waals surface area contributed by atoms with E-state index in [1.165, 1.54) is 4.88 Å². The molecular weight excluding hydrogens is 298 g/mol. The summed E-state index contributed by atoms with van der Waals surface area (Å²) in [5.41, 5.74) is 1.97. The lowest BCUT2D eigenvalue weighted by Crippen LogP contribution is -2.52. The SMILES string of the molecule is Cc1ncsc1CN(C)CC1CCN(C(=O)C2(O)CCC2)C1. The van der Waals surface area contributed by atoms with E-state index in [1.54, 1.807) is 11.3 Å². The summed E-state index contributed by atoms with van der Waals surface area (Å²) in [4.78, 5) is 22.1. The monoisotopic (exact) mass is 323 g/mol. The van der Waals surface area contributed by atoms with Crippen LogP contribution in [-0.2, 0) is 11.3 Å². The fourth-order valence-corrected chi connectivity index (χ4v) is 4.27. The van der Waals surface area contributed by atoms with Gasteiger partial charge >= 0.3 is 0 Å². The minimum atomic E-state index is -1.04. The van der Waals surface area contributed by atoms with Crippen LogP contribution in [0.25, 0.3) is 0 Å². The molecule has 1 aliphatic carbocycles. The van der Waals surface area contributed by atoms with Gasteiger partial charge in [-0.05, 0) is 45.6 Å². The number of carbonyl (C=O) groups excluding carboxylic acids is 1. The number of nitrogens with zero attached hydrogens (tertiary/aromatic N) is 3. The minimum Gasteiger partial charge on any atom is -0.380 e. The van der Waals surface area contributed by atoms with E-state index in [4.69, 9.17) is 0 Å². The van der Waals surface area contributed by atoms with E-state index < -0.39 is 5.60 Å². The summed E-state index contributed by atoms with van der Waals surface area (Å²) in [6.45, 7) is 5.53. The second-order valence-electron chi connectivity index (χ2n) is 6.85. The highest BCUT2D eigenvalue weighted by atomic mass is 32.1. The van der Waals surface area contributed by atoms with Gasteiger partial charge in [-0.15, -0.1) is 11.3 Å². The van der Waals surface area contributed by atoms with E-state index in [9.17, 15) is 9.90 Å². The Balaban J connectivity index is 1.48. The molecule has 1 aromatic heterocycles. The lowest BCUT2D eigenvalue weighted by Gasteiger charge is -2.38. The van der Waals surface area contributed by atoms with Gasteiger partial charge in [-0.2, -0.15) is 0 Å². The molecule has 1 aliphatic heterocycles. The van der Waals surface area contributed by atoms with Crippen LogP contribution in [0.3, 0.4) is 0 Å². The molecule has 0 bridgehead atoms. The van der Waals surface area contributed by atoms with Gasteiger partial charge in [0.05, 0.1) is 11.2 Å². The topological polar surface area (TPSA) is 56.7 Å². The molecule has 5 nitrogen and oxygen atoms in total. The number of rotatable bonds is 5. The average Bonchev–Trinajstić information content (AvgIpc) is 3.05. The molecule has 1 N–H and O–H groups in total. The maximum Gasteiger partial charge on any atom is 0.254 e. The second-order valence-corrected chi connectivity index (χ2v) is 7.79. The Labute approximate surface area is 135 Å². The molecule has 6 heteroatoms. The Morgan fingerprint density at radius 2 is 2.36 bits per heavy atom. The third kappa shape index (κ3) is 3.19. The molecule has 2 heterocycles. The van der Waals surface area contributed by atoms with Crippen molar-refractivity contribution in [3.05, 3.63) is 16.1 Å². The van der Waals surface area contributed by atoms with Crippen LogP contribution in [0.5, 0.6) is 0 Å². The van der Waals surface area contributed by atoms with Crippen molar-refractivity contribution in [2.75, 3.05) is 26.7 Å². The number of thiazole rings is 1. The quantitative estimate of drug-likeness (QED) is 0.895. The summed E-state index contributed by atoms with van der Waals surface area (Å²) in [6, 6.07) is 0. The van der Waals surface area contributed by atoms with Gasteiger partial charge in [0.1, 0.15) is 5.60 Å². The molecule has 3 rings (SSSR count). The van der Waals surface area contributed by atoms with Crippen molar-refractivity contribution in [3.63, 3.8) is 0 Å². The zero-order valence-electron chi connectivity index (χ0n) is 13.4. The van der Waals surface area contributed by atoms with Gasteiger partial charge in [0, 0.05) is 31.1 Å². The molecule has 22 heavy (non-hydrogen) atoms. The van der Waals surface area contributed by atoms with Crippen molar-refractivity contribution >= 4 is 17.2 Å². The Kier molecular flexibility index (Phi) is 4.52. The first-order valence-corrected chi connectivity index (χ1v) is 8.95. The first-order chi connectivity index (χ1) is 10.5. The van der Waals surface area contributed by atoms with E-state index in [2.05, 4.69) is 23.9 Å². The maximum absolute atomic E-state index is 12.3. The van der Waals surface area contributed by atoms with Crippen molar-refractivity contribution in [3.8, 4) is 0 Å². The molecule has 1 saturated heterocycles. The summed E-state index contributed by atoms with van der Waals surface area (Å²) >= 11 is 1.70. The fourth-order valence-electron chi connectivity index (χ4n) is 3.41. The van der Waals surface area contributed by atoms with Crippen LogP contribution in [0.4, 0.5) is 0 Å². The van der Waals surface area contributed by atoms with Crippen LogP contribution in [0.15, 0.2) is 5.51 Å². The van der Waals surface area contributed by atoms with Crippen LogP contribution in [0.2, 0.25) is 0 Å². The van der Waals surface area contributed by atoms with Gasteiger partial charge in [-0.3, -0.25) is 4.79 Å². The Bertz CT molecular complexity index is 541. The molecule has 1 amide bonds. The normalized spacial score (nSPS) is 23.8. The Morgan fingerprint density at radius 3 is 2.95 bits per heavy atom. The van der Waals surface area contributed by atoms with Crippen molar-refractivity contribution in [2.45, 2.75) is 44.8 Å². The lowest BCUT2D eigenvalue weighted by molar-refractivity contribution is -0.159. The van der Waals surface area contributed by atoms with Gasteiger partial charge in [0.15, 0.2) is 0 Å². The molecule has 0 aromatic carbocycles. The zero-order valence-corrected chi connectivity index (χ0v) is 14.2. The summed E-state index contributed by atoms with van der Waals surface area (Å²) in [5, 5.41) is 10.2. The van der Waals surface area contributed by atoms with E-state index >= 15 is 0 Å². The number of aromatic nitrogens is 1. The molecule has 1 aromatic rings. The minimum absolute atomic E-state index is 0.0396. The van der Waals surface area contributed by atoms with E-state index in [1.807, 2.05) is 10.4 Å². The number of carbonyl (C=O) groups is 1. The standard InChI is InChI=1S/C16H25N3O2S/c1-12-14(22-11-17-12)10-18(2)8-13-4-7-19(9-13)15(20)16(21)5-3-6-16/h11,13,21H,3-10H2,1-2H3. The molecule has 122 valence electrons. The fraction of sp³-hybridized carbons (Fsp3) is 0.750. The van der Waals surface area contributed by atoms with Crippen LogP contribution >= 0.6 is 11.3 Å². The van der Waals surface area contributed by atoms with Crippen molar-refractivity contribution in [1.82, 2.24) is 14.8 Å². The largest absolute Gasteiger partial charge is 0.380 e. The maximum atomic E-state index is 12.3. The van der Waals surface area contributed by atoms with Gasteiger partial charge in [0.2, 0.25) is 0 Å². The van der Waals surface area contributed by atoms with Gasteiger partial charge in [-0.25, -0.2) is 4.98 Å².